The quantitative estimate of drug-likeness (QED) is 0.384. The molecule has 2 rings (SSSR count). The van der Waals surface area contributed by atoms with Crippen LogP contribution < -0.4 is 0 Å². The van der Waals surface area contributed by atoms with E-state index in [0.717, 1.165) is 0 Å². The molecule has 2 heterocycles. The summed E-state index contributed by atoms with van der Waals surface area (Å²) in [6, 6.07) is 3.39. The molecular weight excluding hydrogens is 219 g/mol. The van der Waals surface area contributed by atoms with Crippen molar-refractivity contribution in [1.82, 2.24) is 4.98 Å². The first-order chi connectivity index (χ1) is 6.88. The third-order valence-electron chi connectivity index (χ3n) is 1.18. The molecule has 0 aliphatic carbocycles. The predicted molar refractivity (Wildman–Crippen MR) is 42.2 cm³/mol. The van der Waals surface area contributed by atoms with Crippen molar-refractivity contribution in [3.8, 4) is 0 Å². The molecule has 0 saturated heterocycles. The number of pyridine rings is 1. The van der Waals surface area contributed by atoms with Crippen molar-refractivity contribution in [2.24, 2.45) is 10.3 Å². The zero-order valence-electron chi connectivity index (χ0n) is 7.02. The standard InChI is InChI=1S/C5H3N4O.BF4/c10-9-5-4(7-8-9)2-1-3-6-5;2-1(3,4)5/h1-3H;/q+1;-1. The predicted octanol–water partition coefficient (Wildman–Crippen LogP) is 2.80. The van der Waals surface area contributed by atoms with E-state index in [1.54, 1.807) is 12.1 Å². The van der Waals surface area contributed by atoms with Gasteiger partial charge in [-0.05, 0) is 12.1 Å². The Morgan fingerprint density at radius 3 is 2.40 bits per heavy atom. The molecule has 1 aromatic rings. The maximum atomic E-state index is 10.7. The van der Waals surface area contributed by atoms with Gasteiger partial charge in [0.25, 0.3) is 0 Å². The number of nitrogens with zero attached hydrogens (tertiary/aromatic N) is 4. The second-order valence-corrected chi connectivity index (χ2v) is 2.30. The summed E-state index contributed by atoms with van der Waals surface area (Å²) in [7, 11) is -6.00. The summed E-state index contributed by atoms with van der Waals surface area (Å²) >= 11 is 0. The molecule has 1 aliphatic rings. The minimum absolute atomic E-state index is 0.266. The third kappa shape index (κ3) is 3.79. The maximum Gasteiger partial charge on any atom is 0.673 e. The van der Waals surface area contributed by atoms with Crippen molar-refractivity contribution >= 4 is 18.8 Å². The van der Waals surface area contributed by atoms with E-state index in [1.807, 2.05) is 0 Å². The molecule has 80 valence electrons. The van der Waals surface area contributed by atoms with Crippen molar-refractivity contribution in [3.05, 3.63) is 23.2 Å². The lowest BCUT2D eigenvalue weighted by molar-refractivity contribution is -0.473. The van der Waals surface area contributed by atoms with Crippen molar-refractivity contribution in [3.63, 3.8) is 0 Å². The number of hydrogen-bond acceptors (Lipinski definition) is 3. The number of halogens is 4. The van der Waals surface area contributed by atoms with Gasteiger partial charge in [-0.2, -0.15) is 0 Å². The molecule has 0 atom stereocenters. The molecule has 0 spiro atoms. The highest BCUT2D eigenvalue weighted by Gasteiger charge is 2.25. The number of rotatable bonds is 0. The first-order valence-electron chi connectivity index (χ1n) is 3.59. The molecular formula is C5H3BF4N4O. The van der Waals surface area contributed by atoms with E-state index < -0.39 is 7.25 Å². The van der Waals surface area contributed by atoms with Crippen LogP contribution in [0.3, 0.4) is 0 Å². The Hall–Kier alpha value is -1.87. The summed E-state index contributed by atoms with van der Waals surface area (Å²) in [6.45, 7) is 0. The third-order valence-corrected chi connectivity index (χ3v) is 1.18. The zero-order chi connectivity index (χ0) is 11.5. The lowest BCUT2D eigenvalue weighted by atomic mass is 10.3. The van der Waals surface area contributed by atoms with Gasteiger partial charge in [0.1, 0.15) is 16.3 Å². The largest absolute Gasteiger partial charge is 0.673 e. The second kappa shape index (κ2) is 4.11. The highest BCUT2D eigenvalue weighted by atomic mass is 19.5. The monoisotopic (exact) mass is 222 g/mol. The zero-order valence-corrected chi connectivity index (χ0v) is 7.02. The summed E-state index contributed by atoms with van der Waals surface area (Å²) in [6.07, 6.45) is 1.53. The first kappa shape index (κ1) is 11.2. The fourth-order valence-corrected chi connectivity index (χ4v) is 0.745. The fraction of sp³-hybridized carbons (Fsp3) is 0. The van der Waals surface area contributed by atoms with Crippen LogP contribution in [0, 0.1) is 4.91 Å². The second-order valence-electron chi connectivity index (χ2n) is 2.30. The molecule has 15 heavy (non-hydrogen) atoms. The van der Waals surface area contributed by atoms with Gasteiger partial charge in [-0.25, -0.2) is 0 Å². The van der Waals surface area contributed by atoms with Crippen LogP contribution in [0.25, 0.3) is 0 Å². The van der Waals surface area contributed by atoms with E-state index >= 15 is 0 Å². The van der Waals surface area contributed by atoms with Gasteiger partial charge < -0.3 is 17.3 Å². The van der Waals surface area contributed by atoms with Crippen molar-refractivity contribution in [1.29, 1.82) is 0 Å². The lowest BCUT2D eigenvalue weighted by Crippen LogP contribution is -2.02. The number of fused-ring (bicyclic) bond motifs is 1. The van der Waals surface area contributed by atoms with Crippen LogP contribution in [-0.2, 0) is 0 Å². The molecule has 0 amide bonds. The van der Waals surface area contributed by atoms with Crippen molar-refractivity contribution in [2.75, 3.05) is 0 Å². The van der Waals surface area contributed by atoms with E-state index in [2.05, 4.69) is 15.3 Å². The van der Waals surface area contributed by atoms with Gasteiger partial charge >= 0.3 is 13.1 Å². The Morgan fingerprint density at radius 2 is 1.87 bits per heavy atom. The van der Waals surface area contributed by atoms with Crippen LogP contribution in [-0.4, -0.2) is 17.1 Å². The molecule has 5 nitrogen and oxygen atoms in total. The van der Waals surface area contributed by atoms with Crippen molar-refractivity contribution in [2.45, 2.75) is 0 Å². The highest BCUT2D eigenvalue weighted by molar-refractivity contribution is 6.50. The number of nitroso groups, excluding NO2 is 1. The van der Waals surface area contributed by atoms with Gasteiger partial charge in [-0.1, -0.05) is 4.91 Å². The summed E-state index contributed by atoms with van der Waals surface area (Å²) in [4.78, 5) is 14.8. The SMILES string of the molecule is F[B-](F)(F)F.O=[N+]1N=Nc2cccnc21. The minimum Gasteiger partial charge on any atom is -0.418 e. The molecule has 1 aliphatic heterocycles. The molecule has 0 saturated carbocycles. The lowest BCUT2D eigenvalue weighted by Gasteiger charge is -1.94. The molecule has 0 aromatic carbocycles. The first-order valence-corrected chi connectivity index (χ1v) is 3.59. The summed E-state index contributed by atoms with van der Waals surface area (Å²) in [5.41, 5.74) is 0.525. The van der Waals surface area contributed by atoms with Gasteiger partial charge in [0, 0.05) is 5.11 Å². The highest BCUT2D eigenvalue weighted by Crippen LogP contribution is 2.29. The van der Waals surface area contributed by atoms with E-state index in [9.17, 15) is 22.2 Å². The maximum absolute atomic E-state index is 10.7. The van der Waals surface area contributed by atoms with Crippen LogP contribution in [0.4, 0.5) is 28.8 Å². The molecule has 0 radical (unpaired) electrons. The molecule has 1 aromatic heterocycles. The molecule has 0 bridgehead atoms. The van der Waals surface area contributed by atoms with E-state index in [1.165, 1.54) is 6.20 Å². The van der Waals surface area contributed by atoms with Gasteiger partial charge in [0.15, 0.2) is 0 Å². The topological polar surface area (TPSA) is 57.7 Å². The Bertz CT molecular complexity index is 400. The average molecular weight is 222 g/mol. The number of hydrogen-bond donors (Lipinski definition) is 0. The summed E-state index contributed by atoms with van der Waals surface area (Å²) < 4.78 is 39.0. The molecule has 10 heteroatoms. The van der Waals surface area contributed by atoms with Crippen LogP contribution in [0.1, 0.15) is 0 Å². The van der Waals surface area contributed by atoms with Gasteiger partial charge in [-0.15, -0.1) is 4.98 Å². The van der Waals surface area contributed by atoms with Crippen molar-refractivity contribution < 1.29 is 22.1 Å². The van der Waals surface area contributed by atoms with Gasteiger partial charge in [0.05, 0.1) is 0 Å². The molecule has 0 fully saturated rings. The van der Waals surface area contributed by atoms with E-state index in [4.69, 9.17) is 0 Å². The minimum atomic E-state index is -6.00. The van der Waals surface area contributed by atoms with Gasteiger partial charge in [-0.3, -0.25) is 0 Å². The van der Waals surface area contributed by atoms with Crippen LogP contribution in [0.2, 0.25) is 0 Å². The summed E-state index contributed by atoms with van der Waals surface area (Å²) in [5.74, 6) is 0.266. The normalized spacial score (nSPS) is 13.2. The Balaban J connectivity index is 0.000000195. The average Bonchev–Trinajstić information content (AvgIpc) is 2.46. The van der Waals surface area contributed by atoms with E-state index in [-0.39, 0.29) is 5.82 Å². The fourth-order valence-electron chi connectivity index (χ4n) is 0.745. The Labute approximate surface area is 80.5 Å². The smallest absolute Gasteiger partial charge is 0.418 e. The van der Waals surface area contributed by atoms with Crippen LogP contribution in [0.5, 0.6) is 0 Å². The number of aromatic nitrogens is 1. The Morgan fingerprint density at radius 1 is 1.27 bits per heavy atom. The summed E-state index contributed by atoms with van der Waals surface area (Å²) in [5, 5.41) is 6.80. The van der Waals surface area contributed by atoms with E-state index in [0.29, 0.717) is 10.6 Å². The molecule has 0 unspecified atom stereocenters. The van der Waals surface area contributed by atoms with Crippen LogP contribution in [0.15, 0.2) is 28.7 Å². The Kier molecular flexibility index (Phi) is 3.07. The molecule has 0 N–H and O–H groups in total. The van der Waals surface area contributed by atoms with Gasteiger partial charge in [0.2, 0.25) is 5.69 Å². The van der Waals surface area contributed by atoms with Crippen LogP contribution >= 0.6 is 0 Å².